The molecule has 0 atom stereocenters. The summed E-state index contributed by atoms with van der Waals surface area (Å²) in [5.74, 6) is -0.870. The molecule has 0 fully saturated rings. The first-order valence-corrected chi connectivity index (χ1v) is 7.64. The number of hydrogen-bond acceptors (Lipinski definition) is 5. The van der Waals surface area contributed by atoms with E-state index in [4.69, 9.17) is 5.73 Å². The lowest BCUT2D eigenvalue weighted by Crippen LogP contribution is -2.28. The Morgan fingerprint density at radius 2 is 1.96 bits per heavy atom. The predicted octanol–water partition coefficient (Wildman–Crippen LogP) is 3.76. The summed E-state index contributed by atoms with van der Waals surface area (Å²) < 4.78 is 39.3. The second kappa shape index (κ2) is 7.48. The maximum atomic E-state index is 13.1. The molecule has 0 aliphatic rings. The molecule has 1 amide bonds. The van der Waals surface area contributed by atoms with Crippen molar-refractivity contribution in [2.75, 3.05) is 12.3 Å². The average Bonchev–Trinajstić information content (AvgIpc) is 2.57. The number of aromatic nitrogens is 1. The molecular formula is C16H15F3N4O4. The monoisotopic (exact) mass is 384 g/mol. The van der Waals surface area contributed by atoms with Crippen molar-refractivity contribution in [3.63, 3.8) is 0 Å². The first kappa shape index (κ1) is 19.9. The van der Waals surface area contributed by atoms with Gasteiger partial charge in [0, 0.05) is 13.1 Å². The van der Waals surface area contributed by atoms with E-state index < -0.39 is 34.4 Å². The Balaban J connectivity index is 2.72. The third-order valence-corrected chi connectivity index (χ3v) is 3.81. The van der Waals surface area contributed by atoms with Gasteiger partial charge in [-0.05, 0) is 24.1 Å². The maximum Gasteiger partial charge on any atom is 0.433 e. The Bertz CT molecular complexity index is 886. The van der Waals surface area contributed by atoms with Gasteiger partial charge >= 0.3 is 18.0 Å². The molecule has 3 N–H and O–H groups in total. The number of carbonyl (C=O) groups is 1. The number of nitro groups is 1. The number of carboxylic acid groups (broad SMARTS) is 1. The molecule has 0 spiro atoms. The van der Waals surface area contributed by atoms with Crippen molar-refractivity contribution in [1.29, 1.82) is 0 Å². The molecular weight excluding hydrogens is 369 g/mol. The minimum Gasteiger partial charge on any atom is -0.465 e. The summed E-state index contributed by atoms with van der Waals surface area (Å²) in [6, 6.07) is 6.42. The van der Waals surface area contributed by atoms with Crippen LogP contribution >= 0.6 is 0 Å². The molecule has 0 radical (unpaired) electrons. The molecule has 27 heavy (non-hydrogen) atoms. The number of pyridine rings is 1. The molecule has 0 aliphatic heterocycles. The first-order valence-electron chi connectivity index (χ1n) is 7.64. The van der Waals surface area contributed by atoms with Gasteiger partial charge in [0.1, 0.15) is 5.69 Å². The lowest BCUT2D eigenvalue weighted by molar-refractivity contribution is -0.383. The van der Waals surface area contributed by atoms with Gasteiger partial charge in [-0.1, -0.05) is 24.3 Å². The van der Waals surface area contributed by atoms with Crippen LogP contribution in [-0.2, 0) is 12.7 Å². The Kier molecular flexibility index (Phi) is 5.52. The molecule has 0 bridgehead atoms. The van der Waals surface area contributed by atoms with Crippen molar-refractivity contribution >= 4 is 17.6 Å². The van der Waals surface area contributed by atoms with Crippen LogP contribution in [0, 0.1) is 10.1 Å². The molecule has 0 aliphatic carbocycles. The zero-order valence-corrected chi connectivity index (χ0v) is 14.0. The van der Waals surface area contributed by atoms with E-state index in [0.29, 0.717) is 11.6 Å². The minimum atomic E-state index is -4.86. The van der Waals surface area contributed by atoms with Crippen LogP contribution in [0.15, 0.2) is 30.3 Å². The third kappa shape index (κ3) is 4.25. The summed E-state index contributed by atoms with van der Waals surface area (Å²) in [5.41, 5.74) is 3.27. The second-order valence-corrected chi connectivity index (χ2v) is 5.50. The third-order valence-electron chi connectivity index (χ3n) is 3.81. The number of hydrogen-bond donors (Lipinski definition) is 2. The fourth-order valence-electron chi connectivity index (χ4n) is 2.54. The van der Waals surface area contributed by atoms with Gasteiger partial charge in [-0.2, -0.15) is 13.2 Å². The molecule has 144 valence electrons. The predicted molar refractivity (Wildman–Crippen MR) is 89.9 cm³/mol. The quantitative estimate of drug-likeness (QED) is 0.598. The van der Waals surface area contributed by atoms with Crippen LogP contribution in [-0.4, -0.2) is 32.6 Å². The number of nitrogen functional groups attached to an aromatic ring is 1. The fraction of sp³-hybridized carbons (Fsp3) is 0.250. The summed E-state index contributed by atoms with van der Waals surface area (Å²) >= 11 is 0. The van der Waals surface area contributed by atoms with E-state index in [1.165, 1.54) is 18.2 Å². The molecule has 2 aromatic rings. The number of amides is 1. The van der Waals surface area contributed by atoms with E-state index in [0.717, 1.165) is 4.90 Å². The van der Waals surface area contributed by atoms with Crippen molar-refractivity contribution in [2.45, 2.75) is 19.6 Å². The first-order chi connectivity index (χ1) is 12.6. The number of rotatable bonds is 5. The van der Waals surface area contributed by atoms with Crippen molar-refractivity contribution in [3.05, 3.63) is 51.7 Å². The van der Waals surface area contributed by atoms with Gasteiger partial charge in [0.15, 0.2) is 0 Å². The van der Waals surface area contributed by atoms with Gasteiger partial charge in [0.25, 0.3) is 0 Å². The zero-order chi connectivity index (χ0) is 20.4. The lowest BCUT2D eigenvalue weighted by atomic mass is 9.97. The highest BCUT2D eigenvalue weighted by atomic mass is 19.4. The second-order valence-electron chi connectivity index (χ2n) is 5.50. The zero-order valence-electron chi connectivity index (χ0n) is 14.0. The number of nitrogens with zero attached hydrogens (tertiary/aromatic N) is 3. The molecule has 0 unspecified atom stereocenters. The van der Waals surface area contributed by atoms with Gasteiger partial charge in [-0.25, -0.2) is 9.78 Å². The van der Waals surface area contributed by atoms with Gasteiger partial charge < -0.3 is 15.7 Å². The summed E-state index contributed by atoms with van der Waals surface area (Å²) in [4.78, 5) is 25.8. The summed E-state index contributed by atoms with van der Waals surface area (Å²) in [7, 11) is 0. The summed E-state index contributed by atoms with van der Waals surface area (Å²) in [6.45, 7) is 1.55. The van der Waals surface area contributed by atoms with Crippen molar-refractivity contribution in [3.8, 4) is 11.1 Å². The Hall–Kier alpha value is -3.37. The molecule has 1 aromatic heterocycles. The van der Waals surface area contributed by atoms with Gasteiger partial charge in [-0.15, -0.1) is 0 Å². The molecule has 2 rings (SSSR count). The van der Waals surface area contributed by atoms with Gasteiger partial charge in [-0.3, -0.25) is 10.1 Å². The maximum absolute atomic E-state index is 13.1. The van der Waals surface area contributed by atoms with E-state index in [-0.39, 0.29) is 24.2 Å². The molecule has 0 saturated heterocycles. The van der Waals surface area contributed by atoms with Crippen LogP contribution in [0.1, 0.15) is 18.2 Å². The molecule has 11 heteroatoms. The molecule has 1 heterocycles. The normalized spacial score (nSPS) is 11.3. The van der Waals surface area contributed by atoms with E-state index >= 15 is 0 Å². The highest BCUT2D eigenvalue weighted by molar-refractivity contribution is 5.82. The average molecular weight is 384 g/mol. The number of alkyl halides is 3. The van der Waals surface area contributed by atoms with Crippen molar-refractivity contribution in [2.24, 2.45) is 0 Å². The Labute approximate surface area is 151 Å². The topological polar surface area (TPSA) is 123 Å². The van der Waals surface area contributed by atoms with Gasteiger partial charge in [0.2, 0.25) is 5.82 Å². The van der Waals surface area contributed by atoms with E-state index in [9.17, 15) is 33.2 Å². The van der Waals surface area contributed by atoms with E-state index in [1.54, 1.807) is 13.0 Å². The van der Waals surface area contributed by atoms with Crippen LogP contribution < -0.4 is 5.73 Å². The minimum absolute atomic E-state index is 0.0727. The summed E-state index contributed by atoms with van der Waals surface area (Å²) in [5, 5.41) is 20.5. The smallest absolute Gasteiger partial charge is 0.433 e. The highest BCUT2D eigenvalue weighted by Gasteiger charge is 2.36. The largest absolute Gasteiger partial charge is 0.465 e. The summed E-state index contributed by atoms with van der Waals surface area (Å²) in [6.07, 6.45) is -6.09. The molecule has 0 saturated carbocycles. The fourth-order valence-corrected chi connectivity index (χ4v) is 2.54. The number of halogens is 3. The number of anilines is 1. The van der Waals surface area contributed by atoms with Gasteiger partial charge in [0.05, 0.1) is 10.5 Å². The Morgan fingerprint density at radius 3 is 2.48 bits per heavy atom. The van der Waals surface area contributed by atoms with Crippen LogP contribution in [0.4, 0.5) is 29.5 Å². The molecule has 1 aromatic carbocycles. The molecule has 8 nitrogen and oxygen atoms in total. The number of benzene rings is 1. The van der Waals surface area contributed by atoms with Crippen LogP contribution in [0.25, 0.3) is 11.1 Å². The lowest BCUT2D eigenvalue weighted by Gasteiger charge is -2.19. The number of nitrogens with two attached hydrogens (primary N) is 1. The van der Waals surface area contributed by atoms with Crippen molar-refractivity contribution in [1.82, 2.24) is 9.88 Å². The van der Waals surface area contributed by atoms with Crippen LogP contribution in [0.3, 0.4) is 0 Å². The van der Waals surface area contributed by atoms with E-state index in [2.05, 4.69) is 4.98 Å². The van der Waals surface area contributed by atoms with E-state index in [1.807, 2.05) is 0 Å². The van der Waals surface area contributed by atoms with Crippen LogP contribution in [0.2, 0.25) is 0 Å². The SMILES string of the molecule is CCN(Cc1ccccc1-c1cc(C(F)(F)F)nc(N)c1[N+](=O)[O-])C(=O)O. The highest BCUT2D eigenvalue weighted by Crippen LogP contribution is 2.40. The van der Waals surface area contributed by atoms with Crippen LogP contribution in [0.5, 0.6) is 0 Å². The Morgan fingerprint density at radius 1 is 1.33 bits per heavy atom. The standard InChI is InChI=1S/C16H15F3N4O4/c1-2-22(15(24)25)8-9-5-3-4-6-10(9)11-7-12(16(17,18)19)21-14(20)13(11)23(26)27/h3-7H,2,8H2,1H3,(H2,20,21)(H,24,25). The van der Waals surface area contributed by atoms with Crippen molar-refractivity contribution < 1.29 is 28.0 Å².